The number of rotatable bonds is 4. The molecule has 9 heteroatoms. The summed E-state index contributed by atoms with van der Waals surface area (Å²) in [5, 5.41) is 21.6. The second-order valence-electron chi connectivity index (χ2n) is 4.99. The van der Waals surface area contributed by atoms with Crippen LogP contribution in [0, 0.1) is 0 Å². The number of primary amides is 1. The van der Waals surface area contributed by atoms with E-state index in [-0.39, 0.29) is 10.0 Å². The van der Waals surface area contributed by atoms with Crippen molar-refractivity contribution in [1.82, 2.24) is 4.98 Å². The molecule has 0 aliphatic heterocycles. The maximum absolute atomic E-state index is 11.5. The molecule has 2 atom stereocenters. The zero-order valence-corrected chi connectivity index (χ0v) is 12.1. The Bertz CT molecular complexity index is 496. The van der Waals surface area contributed by atoms with Crippen molar-refractivity contribution < 1.29 is 24.5 Å². The van der Waals surface area contributed by atoms with Crippen molar-refractivity contribution in [2.75, 3.05) is 5.32 Å². The Morgan fingerprint density at radius 3 is 2.55 bits per heavy atom. The highest BCUT2D eigenvalue weighted by molar-refractivity contribution is 7.15. The number of carbonyl (C=O) groups is 2. The molecule has 0 bridgehead atoms. The van der Waals surface area contributed by atoms with E-state index in [9.17, 15) is 19.8 Å². The van der Waals surface area contributed by atoms with Gasteiger partial charge in [-0.1, -0.05) is 11.3 Å². The van der Waals surface area contributed by atoms with Gasteiger partial charge >= 0.3 is 6.09 Å². The summed E-state index contributed by atoms with van der Waals surface area (Å²) in [5.74, 6) is -1.05. The predicted molar refractivity (Wildman–Crippen MR) is 72.1 cm³/mol. The van der Waals surface area contributed by atoms with E-state index >= 15 is 0 Å². The van der Waals surface area contributed by atoms with Gasteiger partial charge in [-0.05, 0) is 20.8 Å². The first-order valence-corrected chi connectivity index (χ1v) is 6.53. The number of hydrogen-bond donors (Lipinski definition) is 4. The number of hydrogen-bond acceptors (Lipinski definition) is 7. The number of nitrogens with two attached hydrogens (primary N) is 1. The van der Waals surface area contributed by atoms with Crippen molar-refractivity contribution in [3.05, 3.63) is 11.1 Å². The number of anilines is 1. The summed E-state index contributed by atoms with van der Waals surface area (Å²) in [5.41, 5.74) is 4.23. The maximum Gasteiger partial charge on any atom is 0.413 e. The normalized spacial score (nSPS) is 14.4. The lowest BCUT2D eigenvalue weighted by atomic mass is 10.2. The highest BCUT2D eigenvalue weighted by Crippen LogP contribution is 2.26. The molecule has 112 valence electrons. The summed E-state index contributed by atoms with van der Waals surface area (Å²) in [6.07, 6.45) is -2.68. The third-order valence-electron chi connectivity index (χ3n) is 2.01. The molecule has 1 aromatic rings. The SMILES string of the molecule is CC(C)(C)OC(=O)Nc1ncc(C(O)C(O)C(N)=O)s1. The van der Waals surface area contributed by atoms with Crippen LogP contribution < -0.4 is 11.1 Å². The maximum atomic E-state index is 11.5. The van der Waals surface area contributed by atoms with Crippen molar-refractivity contribution in [2.24, 2.45) is 5.73 Å². The Hall–Kier alpha value is -1.71. The smallest absolute Gasteiger partial charge is 0.413 e. The Morgan fingerprint density at radius 1 is 1.45 bits per heavy atom. The second kappa shape index (κ2) is 6.16. The molecule has 0 aliphatic rings. The molecule has 0 saturated heterocycles. The van der Waals surface area contributed by atoms with Gasteiger partial charge in [0.1, 0.15) is 11.7 Å². The average molecular weight is 303 g/mol. The first kappa shape index (κ1) is 16.3. The molecular formula is C11H17N3O5S. The van der Waals surface area contributed by atoms with Gasteiger partial charge in [-0.15, -0.1) is 0 Å². The fourth-order valence-electron chi connectivity index (χ4n) is 1.18. The molecule has 1 rings (SSSR count). The van der Waals surface area contributed by atoms with Crippen LogP contribution in [0.4, 0.5) is 9.93 Å². The number of nitrogens with one attached hydrogen (secondary N) is 1. The number of ether oxygens (including phenoxy) is 1. The summed E-state index contributed by atoms with van der Waals surface area (Å²) in [6.45, 7) is 5.15. The topological polar surface area (TPSA) is 135 Å². The predicted octanol–water partition coefficient (Wildman–Crippen LogP) is 0.370. The van der Waals surface area contributed by atoms with E-state index in [0.29, 0.717) is 0 Å². The van der Waals surface area contributed by atoms with Crippen LogP contribution in [0.25, 0.3) is 0 Å². The van der Waals surface area contributed by atoms with Gasteiger partial charge in [0, 0.05) is 6.20 Å². The van der Waals surface area contributed by atoms with E-state index in [1.54, 1.807) is 20.8 Å². The molecule has 8 nitrogen and oxygen atoms in total. The molecule has 0 radical (unpaired) electrons. The van der Waals surface area contributed by atoms with Crippen LogP contribution in [0.2, 0.25) is 0 Å². The molecule has 5 N–H and O–H groups in total. The zero-order chi connectivity index (χ0) is 15.5. The Morgan fingerprint density at radius 2 is 2.05 bits per heavy atom. The lowest BCUT2D eigenvalue weighted by Crippen LogP contribution is -2.33. The van der Waals surface area contributed by atoms with Crippen molar-refractivity contribution >= 4 is 28.5 Å². The number of aliphatic hydroxyl groups excluding tert-OH is 2. The molecule has 0 spiro atoms. The molecule has 0 fully saturated rings. The van der Waals surface area contributed by atoms with E-state index in [2.05, 4.69) is 10.3 Å². The summed E-state index contributed by atoms with van der Waals surface area (Å²) >= 11 is 0.900. The van der Waals surface area contributed by atoms with E-state index in [4.69, 9.17) is 10.5 Å². The molecule has 0 aliphatic carbocycles. The lowest BCUT2D eigenvalue weighted by molar-refractivity contribution is -0.131. The lowest BCUT2D eigenvalue weighted by Gasteiger charge is -2.18. The van der Waals surface area contributed by atoms with Gasteiger partial charge in [-0.3, -0.25) is 10.1 Å². The number of aromatic nitrogens is 1. The largest absolute Gasteiger partial charge is 0.444 e. The van der Waals surface area contributed by atoms with Crippen LogP contribution >= 0.6 is 11.3 Å². The molecule has 2 amide bonds. The third kappa shape index (κ3) is 4.76. The number of nitrogens with zero attached hydrogens (tertiary/aromatic N) is 1. The minimum atomic E-state index is -1.73. The van der Waals surface area contributed by atoms with E-state index in [0.717, 1.165) is 11.3 Å². The summed E-state index contributed by atoms with van der Waals surface area (Å²) < 4.78 is 5.03. The van der Waals surface area contributed by atoms with Crippen molar-refractivity contribution in [1.29, 1.82) is 0 Å². The van der Waals surface area contributed by atoms with E-state index in [1.807, 2.05) is 0 Å². The highest BCUT2D eigenvalue weighted by Gasteiger charge is 2.26. The third-order valence-corrected chi connectivity index (χ3v) is 3.00. The van der Waals surface area contributed by atoms with E-state index < -0.39 is 29.8 Å². The van der Waals surface area contributed by atoms with Crippen LogP contribution in [0.15, 0.2) is 6.20 Å². The standard InChI is InChI=1S/C11H17N3O5S/c1-11(2,3)19-10(18)14-9-13-4-5(20-9)6(15)7(16)8(12)17/h4,6-7,15-16H,1-3H3,(H2,12,17)(H,13,14,18). The van der Waals surface area contributed by atoms with Gasteiger partial charge in [-0.25, -0.2) is 9.78 Å². The van der Waals surface area contributed by atoms with Crippen LogP contribution in [0.1, 0.15) is 31.8 Å². The minimum absolute atomic E-state index is 0.171. The molecule has 0 saturated carbocycles. The van der Waals surface area contributed by atoms with Crippen LogP contribution in [0.5, 0.6) is 0 Å². The molecule has 0 aromatic carbocycles. The number of thiazole rings is 1. The fourth-order valence-corrected chi connectivity index (χ4v) is 2.00. The number of amides is 2. The molecule has 1 heterocycles. The van der Waals surface area contributed by atoms with Crippen molar-refractivity contribution in [3.63, 3.8) is 0 Å². The second-order valence-corrected chi connectivity index (χ2v) is 6.05. The fraction of sp³-hybridized carbons (Fsp3) is 0.545. The number of carbonyl (C=O) groups excluding carboxylic acids is 2. The van der Waals surface area contributed by atoms with Crippen molar-refractivity contribution in [2.45, 2.75) is 38.6 Å². The highest BCUT2D eigenvalue weighted by atomic mass is 32.1. The Labute approximate surface area is 119 Å². The summed E-state index contributed by atoms with van der Waals surface area (Å²) in [4.78, 5) is 26.3. The first-order valence-electron chi connectivity index (χ1n) is 5.71. The Balaban J connectivity index is 2.68. The number of aliphatic hydroxyl groups is 2. The van der Waals surface area contributed by atoms with Gasteiger partial charge in [0.25, 0.3) is 0 Å². The molecular weight excluding hydrogens is 286 g/mol. The average Bonchev–Trinajstić information content (AvgIpc) is 2.72. The Kier molecular flexibility index (Phi) is 5.03. The summed E-state index contributed by atoms with van der Waals surface area (Å²) in [7, 11) is 0. The monoisotopic (exact) mass is 303 g/mol. The molecule has 1 aromatic heterocycles. The van der Waals surface area contributed by atoms with Gasteiger partial charge in [0.15, 0.2) is 11.2 Å². The quantitative estimate of drug-likeness (QED) is 0.634. The first-order chi connectivity index (χ1) is 9.10. The van der Waals surface area contributed by atoms with Crippen LogP contribution in [0.3, 0.4) is 0 Å². The van der Waals surface area contributed by atoms with Gasteiger partial charge in [0.2, 0.25) is 5.91 Å². The summed E-state index contributed by atoms with van der Waals surface area (Å²) in [6, 6.07) is 0. The zero-order valence-electron chi connectivity index (χ0n) is 11.3. The molecule has 2 unspecified atom stereocenters. The van der Waals surface area contributed by atoms with E-state index in [1.165, 1.54) is 6.20 Å². The molecule has 20 heavy (non-hydrogen) atoms. The van der Waals surface area contributed by atoms with Gasteiger partial charge in [0.05, 0.1) is 4.88 Å². The van der Waals surface area contributed by atoms with Gasteiger partial charge < -0.3 is 20.7 Å². The van der Waals surface area contributed by atoms with Gasteiger partial charge in [-0.2, -0.15) is 0 Å². The van der Waals surface area contributed by atoms with Crippen molar-refractivity contribution in [3.8, 4) is 0 Å². The minimum Gasteiger partial charge on any atom is -0.444 e. The van der Waals surface area contributed by atoms with Crippen LogP contribution in [-0.4, -0.2) is 38.9 Å². The van der Waals surface area contributed by atoms with Crippen LogP contribution in [-0.2, 0) is 9.53 Å².